The highest BCUT2D eigenvalue weighted by atomic mass is 16.8. The van der Waals surface area contributed by atoms with E-state index in [1.807, 2.05) is 0 Å². The maximum atomic E-state index is 10.8. The summed E-state index contributed by atoms with van der Waals surface area (Å²) in [5.74, 6) is 0. The lowest BCUT2D eigenvalue weighted by molar-refractivity contribution is -0.810. The van der Waals surface area contributed by atoms with Gasteiger partial charge in [-0.1, -0.05) is 0 Å². The number of aromatic nitrogens is 2. The van der Waals surface area contributed by atoms with Gasteiger partial charge in [0.2, 0.25) is 5.69 Å². The molecule has 2 N–H and O–H groups in total. The van der Waals surface area contributed by atoms with Crippen LogP contribution in [0.15, 0.2) is 4.63 Å². The Kier molecular flexibility index (Phi) is 2.30. The van der Waals surface area contributed by atoms with Gasteiger partial charge in [-0.2, -0.15) is 0 Å². The topological polar surface area (TPSA) is 93.4 Å². The molecule has 1 aromatic heterocycles. The summed E-state index contributed by atoms with van der Waals surface area (Å²) < 4.78 is 4.21. The monoisotopic (exact) mass is 174 g/mol. The highest BCUT2D eigenvalue weighted by molar-refractivity contribution is 5.08. The summed E-state index contributed by atoms with van der Waals surface area (Å²) in [7, 11) is 0. The molecule has 2 unspecified atom stereocenters. The Bertz CT molecular complexity index is 269. The van der Waals surface area contributed by atoms with E-state index >= 15 is 0 Å². The highest BCUT2D eigenvalue weighted by Crippen LogP contribution is 2.17. The first-order valence-corrected chi connectivity index (χ1v) is 3.49. The Morgan fingerprint density at radius 1 is 1.42 bits per heavy atom. The fourth-order valence-electron chi connectivity index (χ4n) is 0.922. The molecule has 0 fully saturated rings. The fraction of sp³-hybridized carbons (Fsp3) is 0.667. The van der Waals surface area contributed by atoms with E-state index in [1.54, 1.807) is 0 Å². The van der Waals surface area contributed by atoms with Gasteiger partial charge in [-0.05, 0) is 18.8 Å². The van der Waals surface area contributed by atoms with Crippen molar-refractivity contribution in [3.8, 4) is 0 Å². The molecule has 0 saturated carbocycles. The second-order valence-electron chi connectivity index (χ2n) is 2.55. The molecule has 68 valence electrons. The van der Waals surface area contributed by atoms with Crippen molar-refractivity contribution in [3.63, 3.8) is 0 Å². The van der Waals surface area contributed by atoms with Crippen molar-refractivity contribution in [2.75, 3.05) is 0 Å². The van der Waals surface area contributed by atoms with Crippen molar-refractivity contribution in [3.05, 3.63) is 16.6 Å². The van der Waals surface area contributed by atoms with Crippen LogP contribution < -0.4 is 4.90 Å². The molecule has 0 aliphatic heterocycles. The molecule has 1 rings (SSSR count). The third-order valence-corrected chi connectivity index (χ3v) is 1.46. The molecular weight excluding hydrogens is 164 g/mol. The van der Waals surface area contributed by atoms with Crippen LogP contribution in [0.4, 0.5) is 0 Å². The van der Waals surface area contributed by atoms with Crippen LogP contribution in [0.1, 0.15) is 37.4 Å². The number of aliphatic hydroxyl groups excluding tert-OH is 2. The molecule has 1 aromatic rings. The lowest BCUT2D eigenvalue weighted by Gasteiger charge is -2.01. The lowest BCUT2D eigenvalue weighted by Crippen LogP contribution is -2.30. The number of hydrogen-bond donors (Lipinski definition) is 2. The molecule has 0 saturated heterocycles. The van der Waals surface area contributed by atoms with Crippen LogP contribution in [0.3, 0.4) is 0 Å². The zero-order chi connectivity index (χ0) is 9.30. The minimum atomic E-state index is -1.00. The largest absolute Gasteiger partial charge is 0.385 e. The third kappa shape index (κ3) is 1.39. The van der Waals surface area contributed by atoms with Crippen molar-refractivity contribution >= 4 is 0 Å². The maximum Gasteiger partial charge on any atom is 0.251 e. The zero-order valence-corrected chi connectivity index (χ0v) is 6.76. The zero-order valence-electron chi connectivity index (χ0n) is 6.76. The van der Waals surface area contributed by atoms with Gasteiger partial charge in [0.05, 0.1) is 0 Å². The maximum absolute atomic E-state index is 10.8. The number of nitrogens with zero attached hydrogens (tertiary/aromatic N) is 2. The van der Waals surface area contributed by atoms with E-state index in [4.69, 9.17) is 10.2 Å². The molecule has 0 aliphatic carbocycles. The molecule has 12 heavy (non-hydrogen) atoms. The third-order valence-electron chi connectivity index (χ3n) is 1.46. The van der Waals surface area contributed by atoms with E-state index < -0.39 is 12.2 Å². The number of hydrogen-bond acceptors (Lipinski definition) is 5. The Balaban J connectivity index is 3.12. The molecule has 0 aromatic carbocycles. The summed E-state index contributed by atoms with van der Waals surface area (Å²) in [6, 6.07) is 0. The Morgan fingerprint density at radius 3 is 2.33 bits per heavy atom. The van der Waals surface area contributed by atoms with Gasteiger partial charge >= 0.3 is 0 Å². The van der Waals surface area contributed by atoms with Crippen molar-refractivity contribution in [1.29, 1.82) is 0 Å². The van der Waals surface area contributed by atoms with E-state index in [9.17, 15) is 5.21 Å². The van der Waals surface area contributed by atoms with E-state index in [2.05, 4.69) is 9.79 Å². The molecule has 6 nitrogen and oxygen atoms in total. The molecule has 0 spiro atoms. The molecule has 6 heteroatoms. The summed E-state index contributed by atoms with van der Waals surface area (Å²) in [5, 5.41) is 32.3. The Morgan fingerprint density at radius 2 is 2.00 bits per heavy atom. The van der Waals surface area contributed by atoms with Gasteiger partial charge in [0.15, 0.2) is 0 Å². The average molecular weight is 174 g/mol. The predicted octanol–water partition coefficient (Wildman–Crippen LogP) is -0.585. The molecular formula is C6H10N2O4. The van der Waals surface area contributed by atoms with Crippen molar-refractivity contribution in [2.45, 2.75) is 26.1 Å². The van der Waals surface area contributed by atoms with Crippen LogP contribution in [0, 0.1) is 5.21 Å². The van der Waals surface area contributed by atoms with Gasteiger partial charge in [0.1, 0.15) is 12.2 Å². The van der Waals surface area contributed by atoms with Crippen LogP contribution in [0.2, 0.25) is 0 Å². The summed E-state index contributed by atoms with van der Waals surface area (Å²) in [4.78, 5) is 0.0900. The van der Waals surface area contributed by atoms with Crippen LogP contribution in [0.5, 0.6) is 0 Å². The molecule has 0 bridgehead atoms. The molecule has 0 aliphatic rings. The second-order valence-corrected chi connectivity index (χ2v) is 2.55. The minimum Gasteiger partial charge on any atom is -0.385 e. The van der Waals surface area contributed by atoms with Gasteiger partial charge in [-0.15, -0.1) is 0 Å². The van der Waals surface area contributed by atoms with Crippen molar-refractivity contribution in [1.82, 2.24) is 5.16 Å². The average Bonchev–Trinajstić information content (AvgIpc) is 2.30. The fourth-order valence-corrected chi connectivity index (χ4v) is 0.922. The molecule has 1 heterocycles. The number of aliphatic hydroxyl groups is 2. The van der Waals surface area contributed by atoms with Crippen molar-refractivity contribution in [2.24, 2.45) is 0 Å². The Hall–Kier alpha value is -1.14. The second kappa shape index (κ2) is 3.08. The highest BCUT2D eigenvalue weighted by Gasteiger charge is 2.26. The number of rotatable bonds is 2. The molecule has 0 amide bonds. The van der Waals surface area contributed by atoms with Gasteiger partial charge in [-0.25, -0.2) is 0 Å². The van der Waals surface area contributed by atoms with Crippen LogP contribution in [0.25, 0.3) is 0 Å². The van der Waals surface area contributed by atoms with E-state index in [-0.39, 0.29) is 16.3 Å². The smallest absolute Gasteiger partial charge is 0.251 e. The van der Waals surface area contributed by atoms with E-state index in [1.165, 1.54) is 13.8 Å². The SMILES string of the molecule is CC(O)c1no[n+]([O-])c1C(C)O. The summed E-state index contributed by atoms with van der Waals surface area (Å²) in [5.41, 5.74) is 0.0185. The van der Waals surface area contributed by atoms with Crippen molar-refractivity contribution < 1.29 is 19.7 Å². The van der Waals surface area contributed by atoms with Crippen LogP contribution in [-0.2, 0) is 0 Å². The van der Waals surface area contributed by atoms with E-state index in [0.29, 0.717) is 0 Å². The van der Waals surface area contributed by atoms with Gasteiger partial charge in [0.25, 0.3) is 5.69 Å². The van der Waals surface area contributed by atoms with Crippen LogP contribution in [-0.4, -0.2) is 15.4 Å². The normalized spacial score (nSPS) is 16.0. The van der Waals surface area contributed by atoms with Gasteiger partial charge in [-0.3, -0.25) is 4.63 Å². The van der Waals surface area contributed by atoms with E-state index in [0.717, 1.165) is 0 Å². The molecule has 2 atom stereocenters. The molecule has 0 radical (unpaired) electrons. The summed E-state index contributed by atoms with van der Waals surface area (Å²) in [6.45, 7) is 2.83. The first-order valence-electron chi connectivity index (χ1n) is 3.49. The standard InChI is InChI=1S/C6H10N2O4/c1-3(9)5-6(4(2)10)8(11)12-7-5/h3-4,9-10H,1-2H3. The van der Waals surface area contributed by atoms with Crippen LogP contribution >= 0.6 is 0 Å². The first-order chi connectivity index (χ1) is 5.54. The summed E-state index contributed by atoms with van der Waals surface area (Å²) in [6.07, 6.45) is -1.92. The lowest BCUT2D eigenvalue weighted by atomic mass is 10.2. The first kappa shape index (κ1) is 8.95. The Labute approximate surface area is 68.6 Å². The van der Waals surface area contributed by atoms with Gasteiger partial charge < -0.3 is 15.4 Å². The summed E-state index contributed by atoms with van der Waals surface area (Å²) >= 11 is 0. The van der Waals surface area contributed by atoms with Gasteiger partial charge in [0, 0.05) is 5.16 Å². The minimum absolute atomic E-state index is 0.0509. The predicted molar refractivity (Wildman–Crippen MR) is 36.7 cm³/mol. The quantitative estimate of drug-likeness (QED) is 0.585.